The van der Waals surface area contributed by atoms with E-state index in [1.807, 2.05) is 0 Å². The first-order chi connectivity index (χ1) is 6.90. The van der Waals surface area contributed by atoms with Crippen LogP contribution in [0.3, 0.4) is 0 Å². The molecule has 1 aliphatic heterocycles. The lowest BCUT2D eigenvalue weighted by atomic mass is 10.2. The van der Waals surface area contributed by atoms with Crippen molar-refractivity contribution >= 4 is 5.82 Å². The normalized spacial score (nSPS) is 15.9. The van der Waals surface area contributed by atoms with Crippen molar-refractivity contribution in [3.05, 3.63) is 30.2 Å². The Bertz CT molecular complexity index is 338. The van der Waals surface area contributed by atoms with Gasteiger partial charge in [-0.1, -0.05) is 12.2 Å². The van der Waals surface area contributed by atoms with Crippen LogP contribution in [0.5, 0.6) is 0 Å². The maximum atomic E-state index is 8.93. The van der Waals surface area contributed by atoms with Crippen molar-refractivity contribution < 1.29 is 5.11 Å². The summed E-state index contributed by atoms with van der Waals surface area (Å²) < 4.78 is 0. The Morgan fingerprint density at radius 2 is 2.29 bits per heavy atom. The van der Waals surface area contributed by atoms with Gasteiger partial charge in [0.25, 0.3) is 0 Å². The monoisotopic (exact) mass is 191 g/mol. The van der Waals surface area contributed by atoms with Crippen LogP contribution in [0.2, 0.25) is 0 Å². The number of nitrogens with zero attached hydrogens (tertiary/aromatic N) is 3. The SMILES string of the molecule is OCc1cncc(N2CC=CCC2)n1. The molecule has 0 saturated carbocycles. The predicted molar refractivity (Wildman–Crippen MR) is 53.9 cm³/mol. The summed E-state index contributed by atoms with van der Waals surface area (Å²) in [6.07, 6.45) is 8.66. The van der Waals surface area contributed by atoms with Crippen molar-refractivity contribution in [2.24, 2.45) is 0 Å². The molecule has 0 unspecified atom stereocenters. The third-order valence-electron chi connectivity index (χ3n) is 2.22. The number of aliphatic hydroxyl groups is 1. The maximum Gasteiger partial charge on any atom is 0.147 e. The number of hydrogen-bond acceptors (Lipinski definition) is 4. The zero-order chi connectivity index (χ0) is 9.80. The van der Waals surface area contributed by atoms with Crippen molar-refractivity contribution in [3.63, 3.8) is 0 Å². The van der Waals surface area contributed by atoms with E-state index in [2.05, 4.69) is 27.0 Å². The molecule has 1 N–H and O–H groups in total. The quantitative estimate of drug-likeness (QED) is 0.700. The summed E-state index contributed by atoms with van der Waals surface area (Å²) >= 11 is 0. The molecular weight excluding hydrogens is 178 g/mol. The van der Waals surface area contributed by atoms with E-state index >= 15 is 0 Å². The Kier molecular flexibility index (Phi) is 2.74. The van der Waals surface area contributed by atoms with Gasteiger partial charge in [-0.3, -0.25) is 4.98 Å². The van der Waals surface area contributed by atoms with Crippen LogP contribution in [-0.4, -0.2) is 28.2 Å². The summed E-state index contributed by atoms with van der Waals surface area (Å²) in [6, 6.07) is 0. The van der Waals surface area contributed by atoms with Crippen LogP contribution < -0.4 is 4.90 Å². The zero-order valence-corrected chi connectivity index (χ0v) is 7.93. The molecule has 0 fully saturated rings. The average Bonchev–Trinajstić information content (AvgIpc) is 2.30. The fourth-order valence-electron chi connectivity index (χ4n) is 1.47. The molecule has 2 heterocycles. The standard InChI is InChI=1S/C10H13N3O/c14-8-9-6-11-7-10(12-9)13-4-2-1-3-5-13/h1-2,6-7,14H,3-5,8H2. The molecule has 0 saturated heterocycles. The summed E-state index contributed by atoms with van der Waals surface area (Å²) in [6.45, 7) is 1.80. The van der Waals surface area contributed by atoms with E-state index in [1.165, 1.54) is 0 Å². The lowest BCUT2D eigenvalue weighted by Crippen LogP contribution is -2.27. The van der Waals surface area contributed by atoms with Crippen molar-refractivity contribution in [1.29, 1.82) is 0 Å². The minimum absolute atomic E-state index is 0.0511. The molecule has 0 amide bonds. The van der Waals surface area contributed by atoms with Crippen LogP contribution in [0.4, 0.5) is 5.82 Å². The molecule has 0 bridgehead atoms. The van der Waals surface area contributed by atoms with Gasteiger partial charge >= 0.3 is 0 Å². The molecule has 0 aliphatic carbocycles. The van der Waals surface area contributed by atoms with Crippen LogP contribution in [0.25, 0.3) is 0 Å². The molecule has 74 valence electrons. The smallest absolute Gasteiger partial charge is 0.147 e. The summed E-state index contributed by atoms with van der Waals surface area (Å²) in [4.78, 5) is 10.5. The van der Waals surface area contributed by atoms with E-state index in [4.69, 9.17) is 5.11 Å². The van der Waals surface area contributed by atoms with E-state index in [0.29, 0.717) is 5.69 Å². The van der Waals surface area contributed by atoms with Crippen molar-refractivity contribution in [2.75, 3.05) is 18.0 Å². The van der Waals surface area contributed by atoms with Crippen molar-refractivity contribution in [3.8, 4) is 0 Å². The summed E-state index contributed by atoms with van der Waals surface area (Å²) in [5, 5.41) is 8.93. The minimum atomic E-state index is -0.0511. The van der Waals surface area contributed by atoms with Gasteiger partial charge in [-0.25, -0.2) is 4.98 Å². The van der Waals surface area contributed by atoms with Gasteiger partial charge < -0.3 is 10.0 Å². The lowest BCUT2D eigenvalue weighted by molar-refractivity contribution is 0.276. The van der Waals surface area contributed by atoms with Crippen molar-refractivity contribution in [1.82, 2.24) is 9.97 Å². The Balaban J connectivity index is 2.18. The Morgan fingerprint density at radius 1 is 1.36 bits per heavy atom. The van der Waals surface area contributed by atoms with Crippen LogP contribution >= 0.6 is 0 Å². The second-order valence-corrected chi connectivity index (χ2v) is 3.23. The Labute approximate surface area is 82.9 Å². The highest BCUT2D eigenvalue weighted by Crippen LogP contribution is 2.12. The van der Waals surface area contributed by atoms with Crippen LogP contribution in [0, 0.1) is 0 Å². The molecule has 0 aromatic carbocycles. The first-order valence-electron chi connectivity index (χ1n) is 4.72. The average molecular weight is 191 g/mol. The predicted octanol–water partition coefficient (Wildman–Crippen LogP) is 0.735. The van der Waals surface area contributed by atoms with E-state index in [1.54, 1.807) is 12.4 Å². The number of rotatable bonds is 2. The highest BCUT2D eigenvalue weighted by molar-refractivity contribution is 5.38. The Hall–Kier alpha value is -1.42. The van der Waals surface area contributed by atoms with Gasteiger partial charge in [0.2, 0.25) is 0 Å². The van der Waals surface area contributed by atoms with Gasteiger partial charge in [0.1, 0.15) is 5.82 Å². The summed E-state index contributed by atoms with van der Waals surface area (Å²) in [5.41, 5.74) is 0.622. The Morgan fingerprint density at radius 3 is 3.00 bits per heavy atom. The maximum absolute atomic E-state index is 8.93. The molecular formula is C10H13N3O. The largest absolute Gasteiger partial charge is 0.390 e. The van der Waals surface area contributed by atoms with Crippen LogP contribution in [0.15, 0.2) is 24.5 Å². The number of aliphatic hydroxyl groups excluding tert-OH is 1. The zero-order valence-electron chi connectivity index (χ0n) is 7.93. The van der Waals surface area contributed by atoms with E-state index in [-0.39, 0.29) is 6.61 Å². The van der Waals surface area contributed by atoms with Gasteiger partial charge in [0.15, 0.2) is 0 Å². The van der Waals surface area contributed by atoms with Gasteiger partial charge in [0.05, 0.1) is 24.7 Å². The molecule has 1 aliphatic rings. The number of anilines is 1. The number of aromatic nitrogens is 2. The number of hydrogen-bond donors (Lipinski definition) is 1. The highest BCUT2D eigenvalue weighted by Gasteiger charge is 2.09. The molecule has 14 heavy (non-hydrogen) atoms. The van der Waals surface area contributed by atoms with Crippen LogP contribution in [0.1, 0.15) is 12.1 Å². The van der Waals surface area contributed by atoms with E-state index in [9.17, 15) is 0 Å². The van der Waals surface area contributed by atoms with E-state index < -0.39 is 0 Å². The minimum Gasteiger partial charge on any atom is -0.390 e. The fraction of sp³-hybridized carbons (Fsp3) is 0.400. The van der Waals surface area contributed by atoms with Crippen LogP contribution in [-0.2, 0) is 6.61 Å². The third-order valence-corrected chi connectivity index (χ3v) is 2.22. The van der Waals surface area contributed by atoms with E-state index in [0.717, 1.165) is 25.3 Å². The molecule has 4 heteroatoms. The second-order valence-electron chi connectivity index (χ2n) is 3.23. The van der Waals surface area contributed by atoms with Crippen molar-refractivity contribution in [2.45, 2.75) is 13.0 Å². The molecule has 2 rings (SSSR count). The van der Waals surface area contributed by atoms with Gasteiger partial charge in [0, 0.05) is 13.1 Å². The van der Waals surface area contributed by atoms with Gasteiger partial charge in [-0.05, 0) is 6.42 Å². The first-order valence-corrected chi connectivity index (χ1v) is 4.72. The summed E-state index contributed by atoms with van der Waals surface area (Å²) in [5.74, 6) is 0.848. The molecule has 0 atom stereocenters. The topological polar surface area (TPSA) is 49.3 Å². The lowest BCUT2D eigenvalue weighted by Gasteiger charge is -2.24. The van der Waals surface area contributed by atoms with Gasteiger partial charge in [-0.15, -0.1) is 0 Å². The second kappa shape index (κ2) is 4.19. The molecule has 1 aromatic heterocycles. The first kappa shape index (κ1) is 9.15. The highest BCUT2D eigenvalue weighted by atomic mass is 16.3. The molecule has 4 nitrogen and oxygen atoms in total. The molecule has 0 radical (unpaired) electrons. The van der Waals surface area contributed by atoms with Gasteiger partial charge in [-0.2, -0.15) is 0 Å². The third kappa shape index (κ3) is 1.90. The molecule has 1 aromatic rings. The summed E-state index contributed by atoms with van der Waals surface area (Å²) in [7, 11) is 0. The molecule has 0 spiro atoms. The fourth-order valence-corrected chi connectivity index (χ4v) is 1.47.